The van der Waals surface area contributed by atoms with Gasteiger partial charge in [-0.25, -0.2) is 8.42 Å². The molecule has 1 atom stereocenters. The fourth-order valence-corrected chi connectivity index (χ4v) is 6.45. The zero-order valence-electron chi connectivity index (χ0n) is 26.5. The van der Waals surface area contributed by atoms with Crippen LogP contribution in [-0.2, 0) is 39.0 Å². The van der Waals surface area contributed by atoms with Gasteiger partial charge in [-0.05, 0) is 60.2 Å². The van der Waals surface area contributed by atoms with Gasteiger partial charge >= 0.3 is 0 Å². The number of benzene rings is 4. The second-order valence-corrected chi connectivity index (χ2v) is 13.6. The van der Waals surface area contributed by atoms with Crippen molar-refractivity contribution in [1.29, 1.82) is 0 Å². The second-order valence-electron chi connectivity index (χ2n) is 11.7. The van der Waals surface area contributed by atoms with E-state index in [1.807, 2.05) is 94.4 Å². The normalized spacial score (nSPS) is 12.0. The first-order valence-corrected chi connectivity index (χ1v) is 16.9. The van der Waals surface area contributed by atoms with Crippen molar-refractivity contribution >= 4 is 27.5 Å². The van der Waals surface area contributed by atoms with Crippen molar-refractivity contribution in [3.05, 3.63) is 131 Å². The molecular formula is C37H43N3O4S. The highest BCUT2D eigenvalue weighted by Crippen LogP contribution is 2.26. The fourth-order valence-electron chi connectivity index (χ4n) is 5.01. The molecular weight excluding hydrogens is 582 g/mol. The Morgan fingerprint density at radius 2 is 1.33 bits per heavy atom. The monoisotopic (exact) mass is 625 g/mol. The Labute approximate surface area is 268 Å². The van der Waals surface area contributed by atoms with E-state index in [9.17, 15) is 18.0 Å². The van der Waals surface area contributed by atoms with Crippen LogP contribution in [0.4, 0.5) is 5.69 Å². The number of nitrogens with one attached hydrogen (secondary N) is 1. The van der Waals surface area contributed by atoms with E-state index in [0.717, 1.165) is 33.0 Å². The van der Waals surface area contributed by atoms with E-state index >= 15 is 0 Å². The predicted molar refractivity (Wildman–Crippen MR) is 180 cm³/mol. The number of amides is 2. The fraction of sp³-hybridized carbons (Fsp3) is 0.297. The standard InChI is InChI=1S/C37H43N3O4S/c1-5-30-20-22-33(23-21-30)40(45(43,44)34-14-10-7-11-15-34)27-36(41)39(26-32-18-16-29(4)17-19-32)35(37(42)38-25-28(2)3)24-31-12-8-6-9-13-31/h6-23,28,35H,5,24-27H2,1-4H3,(H,38,42)/t35-/m0/s1. The molecule has 0 aliphatic carbocycles. The predicted octanol–water partition coefficient (Wildman–Crippen LogP) is 6.17. The molecule has 0 saturated carbocycles. The molecule has 0 heterocycles. The SMILES string of the molecule is CCc1ccc(N(CC(=O)N(Cc2ccc(C)cc2)[C@@H](Cc2ccccc2)C(=O)NCC(C)C)S(=O)(=O)c2ccccc2)cc1. The molecule has 0 aliphatic rings. The van der Waals surface area contributed by atoms with Crippen LogP contribution in [0.1, 0.15) is 43.0 Å². The van der Waals surface area contributed by atoms with Crippen molar-refractivity contribution in [2.75, 3.05) is 17.4 Å². The van der Waals surface area contributed by atoms with Gasteiger partial charge < -0.3 is 10.2 Å². The van der Waals surface area contributed by atoms with Crippen LogP contribution in [0, 0.1) is 12.8 Å². The molecule has 0 aromatic heterocycles. The Kier molecular flexibility index (Phi) is 11.5. The Hall–Kier alpha value is -4.43. The Balaban J connectivity index is 1.78. The van der Waals surface area contributed by atoms with Crippen molar-refractivity contribution in [2.24, 2.45) is 5.92 Å². The minimum Gasteiger partial charge on any atom is -0.354 e. The van der Waals surface area contributed by atoms with Gasteiger partial charge in [-0.3, -0.25) is 13.9 Å². The maximum Gasteiger partial charge on any atom is 0.264 e. The highest BCUT2D eigenvalue weighted by Gasteiger charge is 2.34. The summed E-state index contributed by atoms with van der Waals surface area (Å²) in [6.07, 6.45) is 1.07. The maximum atomic E-state index is 14.5. The van der Waals surface area contributed by atoms with Gasteiger partial charge in [-0.1, -0.05) is 111 Å². The average molecular weight is 626 g/mol. The highest BCUT2D eigenvalue weighted by atomic mass is 32.2. The molecule has 0 saturated heterocycles. The number of hydrogen-bond donors (Lipinski definition) is 1. The lowest BCUT2D eigenvalue weighted by molar-refractivity contribution is -0.140. The van der Waals surface area contributed by atoms with Crippen LogP contribution in [-0.4, -0.2) is 44.3 Å². The van der Waals surface area contributed by atoms with Gasteiger partial charge in [0.25, 0.3) is 10.0 Å². The van der Waals surface area contributed by atoms with Crippen molar-refractivity contribution in [3.63, 3.8) is 0 Å². The summed E-state index contributed by atoms with van der Waals surface area (Å²) < 4.78 is 29.3. The van der Waals surface area contributed by atoms with Gasteiger partial charge in [-0.15, -0.1) is 0 Å². The lowest BCUT2D eigenvalue weighted by atomic mass is 10.0. The largest absolute Gasteiger partial charge is 0.354 e. The third-order valence-corrected chi connectivity index (χ3v) is 9.46. The van der Waals surface area contributed by atoms with Gasteiger partial charge in [0.05, 0.1) is 10.6 Å². The van der Waals surface area contributed by atoms with E-state index in [0.29, 0.717) is 12.2 Å². The van der Waals surface area contributed by atoms with Gasteiger partial charge in [0.1, 0.15) is 12.6 Å². The first-order chi connectivity index (χ1) is 21.6. The molecule has 0 spiro atoms. The van der Waals surface area contributed by atoms with Gasteiger partial charge in [0.15, 0.2) is 0 Å². The number of carbonyl (C=O) groups is 2. The lowest BCUT2D eigenvalue weighted by Gasteiger charge is -2.34. The quantitative estimate of drug-likeness (QED) is 0.182. The first-order valence-electron chi connectivity index (χ1n) is 15.4. The topological polar surface area (TPSA) is 86.8 Å². The van der Waals surface area contributed by atoms with Crippen LogP contribution in [0.2, 0.25) is 0 Å². The van der Waals surface area contributed by atoms with Crippen LogP contribution >= 0.6 is 0 Å². The van der Waals surface area contributed by atoms with Crippen LogP contribution in [0.15, 0.2) is 114 Å². The number of hydrogen-bond acceptors (Lipinski definition) is 4. The van der Waals surface area contributed by atoms with Crippen molar-refractivity contribution in [3.8, 4) is 0 Å². The van der Waals surface area contributed by atoms with Crippen molar-refractivity contribution < 1.29 is 18.0 Å². The molecule has 0 fully saturated rings. The number of anilines is 1. The summed E-state index contributed by atoms with van der Waals surface area (Å²) in [6.45, 7) is 8.15. The van der Waals surface area contributed by atoms with E-state index < -0.39 is 28.5 Å². The van der Waals surface area contributed by atoms with E-state index in [1.165, 1.54) is 17.0 Å². The van der Waals surface area contributed by atoms with Crippen molar-refractivity contribution in [2.45, 2.75) is 58.0 Å². The Morgan fingerprint density at radius 3 is 1.91 bits per heavy atom. The third-order valence-electron chi connectivity index (χ3n) is 7.67. The summed E-state index contributed by atoms with van der Waals surface area (Å²) in [6, 6.07) is 31.8. The minimum absolute atomic E-state index is 0.0814. The lowest BCUT2D eigenvalue weighted by Crippen LogP contribution is -2.53. The van der Waals surface area contributed by atoms with E-state index in [-0.39, 0.29) is 29.7 Å². The smallest absolute Gasteiger partial charge is 0.264 e. The molecule has 4 aromatic carbocycles. The number of aryl methyl sites for hydroxylation is 2. The van der Waals surface area contributed by atoms with Crippen molar-refractivity contribution in [1.82, 2.24) is 10.2 Å². The molecule has 236 valence electrons. The highest BCUT2D eigenvalue weighted by molar-refractivity contribution is 7.92. The van der Waals surface area contributed by atoms with Gasteiger partial charge in [0.2, 0.25) is 11.8 Å². The molecule has 4 rings (SSSR count). The number of rotatable bonds is 14. The van der Waals surface area contributed by atoms with Gasteiger partial charge in [-0.2, -0.15) is 0 Å². The Morgan fingerprint density at radius 1 is 0.756 bits per heavy atom. The zero-order chi connectivity index (χ0) is 32.4. The molecule has 1 N–H and O–H groups in total. The second kappa shape index (κ2) is 15.5. The van der Waals surface area contributed by atoms with Crippen LogP contribution in [0.3, 0.4) is 0 Å². The summed E-state index contributed by atoms with van der Waals surface area (Å²) in [5.74, 6) is -0.543. The summed E-state index contributed by atoms with van der Waals surface area (Å²) in [7, 11) is -4.12. The molecule has 0 bridgehead atoms. The molecule has 4 aromatic rings. The number of sulfonamides is 1. The molecule has 0 radical (unpaired) electrons. The summed E-state index contributed by atoms with van der Waals surface area (Å²) >= 11 is 0. The van der Waals surface area contributed by atoms with Crippen LogP contribution < -0.4 is 9.62 Å². The zero-order valence-corrected chi connectivity index (χ0v) is 27.3. The molecule has 7 nitrogen and oxygen atoms in total. The maximum absolute atomic E-state index is 14.5. The average Bonchev–Trinajstić information content (AvgIpc) is 3.05. The molecule has 0 aliphatic heterocycles. The first kappa shape index (κ1) is 33.5. The summed E-state index contributed by atoms with van der Waals surface area (Å²) in [5, 5.41) is 3.02. The van der Waals surface area contributed by atoms with E-state index in [1.54, 1.807) is 30.3 Å². The summed E-state index contributed by atoms with van der Waals surface area (Å²) in [4.78, 5) is 30.0. The van der Waals surface area contributed by atoms with Gasteiger partial charge in [0, 0.05) is 19.5 Å². The number of nitrogens with zero attached hydrogens (tertiary/aromatic N) is 2. The molecule has 2 amide bonds. The Bertz CT molecular complexity index is 1640. The van der Waals surface area contributed by atoms with E-state index in [2.05, 4.69) is 5.32 Å². The molecule has 45 heavy (non-hydrogen) atoms. The molecule has 8 heteroatoms. The molecule has 0 unspecified atom stereocenters. The third kappa shape index (κ3) is 9.05. The van der Waals surface area contributed by atoms with Crippen LogP contribution in [0.25, 0.3) is 0 Å². The number of carbonyl (C=O) groups excluding carboxylic acids is 2. The summed E-state index contributed by atoms with van der Waals surface area (Å²) in [5.41, 5.74) is 4.24. The minimum atomic E-state index is -4.12. The van der Waals surface area contributed by atoms with E-state index in [4.69, 9.17) is 0 Å². The van der Waals surface area contributed by atoms with Crippen LogP contribution in [0.5, 0.6) is 0 Å².